The molecule has 0 fully saturated rings. The minimum Gasteiger partial charge on any atom is -0.335 e. The molecule has 2 nitrogen and oxygen atoms in total. The summed E-state index contributed by atoms with van der Waals surface area (Å²) in [4.78, 5) is 14.2. The second-order valence-electron chi connectivity index (χ2n) is 4.64. The van der Waals surface area contributed by atoms with Crippen LogP contribution in [0.3, 0.4) is 0 Å². The average molecular weight is 385 g/mol. The number of rotatable bonds is 3. The molecule has 0 saturated carbocycles. The third kappa shape index (κ3) is 3.36. The summed E-state index contributed by atoms with van der Waals surface area (Å²) in [6.45, 7) is 4.12. The fourth-order valence-corrected chi connectivity index (χ4v) is 3.19. The van der Waals surface area contributed by atoms with Gasteiger partial charge in [-0.15, -0.1) is 11.3 Å². The third-order valence-corrected chi connectivity index (χ3v) is 5.06. The number of benzene rings is 1. The summed E-state index contributed by atoms with van der Waals surface area (Å²) in [5.74, 6) is 0.0761. The van der Waals surface area contributed by atoms with Crippen LogP contribution in [0.25, 0.3) is 0 Å². The number of carbonyl (C=O) groups is 1. The summed E-state index contributed by atoms with van der Waals surface area (Å²) >= 11 is 3.84. The lowest BCUT2D eigenvalue weighted by atomic mass is 10.1. The normalized spacial score (nSPS) is 12.2. The minimum atomic E-state index is 0.0747. The Morgan fingerprint density at radius 2 is 1.95 bits per heavy atom. The van der Waals surface area contributed by atoms with Crippen molar-refractivity contribution in [3.63, 3.8) is 0 Å². The SMILES string of the molecule is Cc1ccc(C(C)N(C)C(=O)c2csc(I)c2)cc1. The monoisotopic (exact) mass is 385 g/mol. The molecule has 1 amide bonds. The summed E-state index contributed by atoms with van der Waals surface area (Å²) < 4.78 is 1.14. The zero-order chi connectivity index (χ0) is 14.0. The van der Waals surface area contributed by atoms with Crippen LogP contribution in [0, 0.1) is 9.81 Å². The van der Waals surface area contributed by atoms with E-state index < -0.39 is 0 Å². The molecule has 0 spiro atoms. The first-order chi connectivity index (χ1) is 8.99. The molecular weight excluding hydrogens is 369 g/mol. The fraction of sp³-hybridized carbons (Fsp3) is 0.267. The second kappa shape index (κ2) is 6.05. The van der Waals surface area contributed by atoms with Crippen molar-refractivity contribution in [1.82, 2.24) is 4.90 Å². The summed E-state index contributed by atoms with van der Waals surface area (Å²) in [5, 5.41) is 1.92. The van der Waals surface area contributed by atoms with Gasteiger partial charge in [0.05, 0.1) is 14.5 Å². The lowest BCUT2D eigenvalue weighted by molar-refractivity contribution is 0.0743. The van der Waals surface area contributed by atoms with Crippen LogP contribution in [0.15, 0.2) is 35.7 Å². The highest BCUT2D eigenvalue weighted by Gasteiger charge is 2.19. The number of amides is 1. The van der Waals surface area contributed by atoms with E-state index in [4.69, 9.17) is 0 Å². The van der Waals surface area contributed by atoms with Gasteiger partial charge in [-0.3, -0.25) is 4.79 Å². The number of hydrogen-bond acceptors (Lipinski definition) is 2. The van der Waals surface area contributed by atoms with Crippen molar-refractivity contribution in [2.24, 2.45) is 0 Å². The smallest absolute Gasteiger partial charge is 0.254 e. The molecule has 1 aromatic carbocycles. The van der Waals surface area contributed by atoms with Gasteiger partial charge in [0.15, 0.2) is 0 Å². The number of carbonyl (C=O) groups excluding carboxylic acids is 1. The van der Waals surface area contributed by atoms with E-state index in [0.717, 1.165) is 14.0 Å². The number of thiophene rings is 1. The van der Waals surface area contributed by atoms with Crippen LogP contribution in [0.5, 0.6) is 0 Å². The first kappa shape index (κ1) is 14.5. The highest BCUT2D eigenvalue weighted by atomic mass is 127. The van der Waals surface area contributed by atoms with Gasteiger partial charge in [0, 0.05) is 12.4 Å². The molecule has 1 unspecified atom stereocenters. The number of hydrogen-bond donors (Lipinski definition) is 0. The standard InChI is InChI=1S/C15H16INOS/c1-10-4-6-12(7-5-10)11(2)17(3)15(18)13-8-14(16)19-9-13/h4-9,11H,1-3H3. The Balaban J connectivity index is 2.16. The Morgan fingerprint density at radius 3 is 2.47 bits per heavy atom. The van der Waals surface area contributed by atoms with Gasteiger partial charge in [-0.25, -0.2) is 0 Å². The van der Waals surface area contributed by atoms with Crippen molar-refractivity contribution in [3.8, 4) is 0 Å². The topological polar surface area (TPSA) is 20.3 Å². The maximum Gasteiger partial charge on any atom is 0.254 e. The number of halogens is 1. The molecule has 1 atom stereocenters. The summed E-state index contributed by atoms with van der Waals surface area (Å²) in [6, 6.07) is 10.3. The van der Waals surface area contributed by atoms with E-state index in [1.165, 1.54) is 5.56 Å². The van der Waals surface area contributed by atoms with Gasteiger partial charge in [0.1, 0.15) is 0 Å². The van der Waals surface area contributed by atoms with Crippen molar-refractivity contribution in [1.29, 1.82) is 0 Å². The molecular formula is C15H16INOS. The maximum atomic E-state index is 12.4. The quantitative estimate of drug-likeness (QED) is 0.713. The highest BCUT2D eigenvalue weighted by molar-refractivity contribution is 14.1. The zero-order valence-corrected chi connectivity index (χ0v) is 14.2. The fourth-order valence-electron chi connectivity index (χ4n) is 1.87. The molecule has 0 bridgehead atoms. The lowest BCUT2D eigenvalue weighted by Gasteiger charge is -2.25. The van der Waals surface area contributed by atoms with E-state index in [1.54, 1.807) is 16.2 Å². The van der Waals surface area contributed by atoms with Crippen molar-refractivity contribution >= 4 is 39.8 Å². The van der Waals surface area contributed by atoms with Gasteiger partial charge in [-0.05, 0) is 48.1 Å². The van der Waals surface area contributed by atoms with Crippen LogP contribution in [-0.4, -0.2) is 17.9 Å². The molecule has 100 valence electrons. The van der Waals surface area contributed by atoms with Gasteiger partial charge in [-0.2, -0.15) is 0 Å². The molecule has 2 rings (SSSR count). The molecule has 1 heterocycles. The predicted octanol–water partition coefficient (Wildman–Crippen LogP) is 4.49. The Morgan fingerprint density at radius 1 is 1.32 bits per heavy atom. The molecule has 0 saturated heterocycles. The Hall–Kier alpha value is -0.880. The predicted molar refractivity (Wildman–Crippen MR) is 88.7 cm³/mol. The molecule has 4 heteroatoms. The van der Waals surface area contributed by atoms with Gasteiger partial charge < -0.3 is 4.90 Å². The van der Waals surface area contributed by atoms with Crippen molar-refractivity contribution < 1.29 is 4.79 Å². The molecule has 0 radical (unpaired) electrons. The Bertz CT molecular complexity index is 576. The van der Waals surface area contributed by atoms with Crippen molar-refractivity contribution in [2.45, 2.75) is 19.9 Å². The molecule has 19 heavy (non-hydrogen) atoms. The Labute approximate surface area is 131 Å². The van der Waals surface area contributed by atoms with E-state index >= 15 is 0 Å². The highest BCUT2D eigenvalue weighted by Crippen LogP contribution is 2.23. The van der Waals surface area contributed by atoms with Crippen molar-refractivity contribution in [2.75, 3.05) is 7.05 Å². The zero-order valence-electron chi connectivity index (χ0n) is 11.2. The largest absolute Gasteiger partial charge is 0.335 e. The van der Waals surface area contributed by atoms with Gasteiger partial charge >= 0.3 is 0 Å². The number of aryl methyl sites for hydroxylation is 1. The molecule has 0 aliphatic rings. The first-order valence-electron chi connectivity index (χ1n) is 6.07. The van der Waals surface area contributed by atoms with E-state index in [2.05, 4.69) is 60.7 Å². The molecule has 0 aliphatic carbocycles. The minimum absolute atomic E-state index is 0.0747. The van der Waals surface area contributed by atoms with Gasteiger partial charge in [0.2, 0.25) is 0 Å². The van der Waals surface area contributed by atoms with Crippen LogP contribution in [-0.2, 0) is 0 Å². The van der Waals surface area contributed by atoms with Crippen LogP contribution in [0.2, 0.25) is 0 Å². The van der Waals surface area contributed by atoms with E-state index in [0.29, 0.717) is 0 Å². The van der Waals surface area contributed by atoms with Gasteiger partial charge in [0.25, 0.3) is 5.91 Å². The lowest BCUT2D eigenvalue weighted by Crippen LogP contribution is -2.29. The molecule has 0 aliphatic heterocycles. The van der Waals surface area contributed by atoms with E-state index in [-0.39, 0.29) is 11.9 Å². The van der Waals surface area contributed by atoms with Gasteiger partial charge in [-0.1, -0.05) is 29.8 Å². The summed E-state index contributed by atoms with van der Waals surface area (Å²) in [6.07, 6.45) is 0. The molecule has 2 aromatic rings. The average Bonchev–Trinajstić information content (AvgIpc) is 2.84. The Kier molecular flexibility index (Phi) is 4.62. The summed E-state index contributed by atoms with van der Waals surface area (Å²) in [7, 11) is 1.86. The van der Waals surface area contributed by atoms with Crippen LogP contribution < -0.4 is 0 Å². The van der Waals surface area contributed by atoms with Crippen LogP contribution >= 0.6 is 33.9 Å². The van der Waals surface area contributed by atoms with Crippen molar-refractivity contribution in [3.05, 3.63) is 55.3 Å². The maximum absolute atomic E-state index is 12.4. The van der Waals surface area contributed by atoms with E-state index in [9.17, 15) is 4.79 Å². The van der Waals surface area contributed by atoms with E-state index in [1.807, 2.05) is 18.5 Å². The third-order valence-electron chi connectivity index (χ3n) is 3.28. The summed E-state index contributed by atoms with van der Waals surface area (Å²) in [5.41, 5.74) is 3.17. The van der Waals surface area contributed by atoms with Crippen LogP contribution in [0.4, 0.5) is 0 Å². The first-order valence-corrected chi connectivity index (χ1v) is 8.02. The number of nitrogens with zero attached hydrogens (tertiary/aromatic N) is 1. The van der Waals surface area contributed by atoms with Crippen LogP contribution in [0.1, 0.15) is 34.5 Å². The molecule has 0 N–H and O–H groups in total. The molecule has 1 aromatic heterocycles. The second-order valence-corrected chi connectivity index (χ2v) is 7.45.